The van der Waals surface area contributed by atoms with E-state index < -0.39 is 5.82 Å². The van der Waals surface area contributed by atoms with Gasteiger partial charge in [0.05, 0.1) is 12.1 Å². The normalized spacial score (nSPS) is 10.3. The van der Waals surface area contributed by atoms with E-state index >= 15 is 0 Å². The summed E-state index contributed by atoms with van der Waals surface area (Å²) in [6.07, 6.45) is 3.31. The number of nitrogens with zero attached hydrogens (tertiary/aromatic N) is 6. The van der Waals surface area contributed by atoms with E-state index in [9.17, 15) is 4.39 Å². The lowest BCUT2D eigenvalue weighted by molar-refractivity contribution is 0.618. The van der Waals surface area contributed by atoms with Crippen LogP contribution < -0.4 is 0 Å². The first-order chi connectivity index (χ1) is 10.3. The van der Waals surface area contributed by atoms with Crippen LogP contribution in [-0.4, -0.2) is 25.2 Å². The molecule has 0 amide bonds. The first-order valence-electron chi connectivity index (χ1n) is 6.13. The maximum atomic E-state index is 13.3. The predicted octanol–water partition coefficient (Wildman–Crippen LogP) is 1.79. The Hall–Kier alpha value is -3.14. The lowest BCUT2D eigenvalue weighted by atomic mass is 10.1. The summed E-state index contributed by atoms with van der Waals surface area (Å²) >= 11 is 0. The molecule has 0 spiro atoms. The minimum absolute atomic E-state index is 0.00559. The van der Waals surface area contributed by atoms with Crippen molar-refractivity contribution >= 4 is 0 Å². The summed E-state index contributed by atoms with van der Waals surface area (Å²) in [6.45, 7) is 0.347. The fraction of sp³-hybridized carbons (Fsp3) is 0.0714. The van der Waals surface area contributed by atoms with Crippen molar-refractivity contribution in [3.63, 3.8) is 0 Å². The Morgan fingerprint density at radius 3 is 2.76 bits per heavy atom. The Morgan fingerprint density at radius 1 is 1.19 bits per heavy atom. The molecule has 3 aromatic rings. The van der Waals surface area contributed by atoms with Crippen LogP contribution in [-0.2, 0) is 6.54 Å². The second kappa shape index (κ2) is 5.46. The molecule has 0 aliphatic heterocycles. The standard InChI is InChI=1S/C14H9FN6/c15-13-2-1-10(7-12(13)8-16)9-21-14(18-19-20-21)11-3-5-17-6-4-11/h1-7H,9H2. The highest BCUT2D eigenvalue weighted by atomic mass is 19.1. The van der Waals surface area contributed by atoms with Crippen LogP contribution in [0.15, 0.2) is 42.7 Å². The molecule has 0 aliphatic rings. The number of tetrazole rings is 1. The fourth-order valence-electron chi connectivity index (χ4n) is 1.95. The Bertz CT molecular complexity index is 806. The second-order valence-electron chi connectivity index (χ2n) is 4.32. The Kier molecular flexibility index (Phi) is 3.35. The molecule has 0 unspecified atom stereocenters. The summed E-state index contributed by atoms with van der Waals surface area (Å²) in [4.78, 5) is 3.95. The van der Waals surface area contributed by atoms with Crippen LogP contribution in [0.2, 0.25) is 0 Å². The zero-order valence-electron chi connectivity index (χ0n) is 10.8. The van der Waals surface area contributed by atoms with E-state index in [1.165, 1.54) is 12.1 Å². The average molecular weight is 280 g/mol. The third-order valence-electron chi connectivity index (χ3n) is 2.95. The predicted molar refractivity (Wildman–Crippen MR) is 71.3 cm³/mol. The molecule has 6 nitrogen and oxygen atoms in total. The minimum atomic E-state index is -0.535. The maximum absolute atomic E-state index is 13.3. The van der Waals surface area contributed by atoms with Crippen molar-refractivity contribution in [1.82, 2.24) is 25.2 Å². The highest BCUT2D eigenvalue weighted by Gasteiger charge is 2.10. The molecule has 0 saturated carbocycles. The van der Waals surface area contributed by atoms with Gasteiger partial charge in [0.25, 0.3) is 0 Å². The number of hydrogen-bond acceptors (Lipinski definition) is 5. The average Bonchev–Trinajstić information content (AvgIpc) is 2.98. The van der Waals surface area contributed by atoms with Crippen LogP contribution in [0.4, 0.5) is 4.39 Å². The molecule has 1 aromatic carbocycles. The number of benzene rings is 1. The molecular weight excluding hydrogens is 271 g/mol. The molecule has 2 heterocycles. The molecule has 0 saturated heterocycles. The van der Waals surface area contributed by atoms with E-state index in [4.69, 9.17) is 5.26 Å². The van der Waals surface area contributed by atoms with Gasteiger partial charge in [-0.1, -0.05) is 6.07 Å². The molecule has 0 N–H and O–H groups in total. The lowest BCUT2D eigenvalue weighted by Gasteiger charge is -2.05. The number of aromatic nitrogens is 5. The molecule has 0 radical (unpaired) electrons. The largest absolute Gasteiger partial charge is 0.265 e. The van der Waals surface area contributed by atoms with Crippen LogP contribution in [0.3, 0.4) is 0 Å². The van der Waals surface area contributed by atoms with Crippen LogP contribution in [0.25, 0.3) is 11.4 Å². The zero-order valence-corrected chi connectivity index (χ0v) is 10.8. The first kappa shape index (κ1) is 12.9. The van der Waals surface area contributed by atoms with Crippen LogP contribution in [0.5, 0.6) is 0 Å². The summed E-state index contributed by atoms with van der Waals surface area (Å²) in [5.74, 6) is 0.0487. The second-order valence-corrected chi connectivity index (χ2v) is 4.32. The van der Waals surface area contributed by atoms with Gasteiger partial charge in [0.1, 0.15) is 11.9 Å². The third-order valence-corrected chi connectivity index (χ3v) is 2.95. The van der Waals surface area contributed by atoms with Gasteiger partial charge >= 0.3 is 0 Å². The number of rotatable bonds is 3. The van der Waals surface area contributed by atoms with E-state index in [2.05, 4.69) is 20.5 Å². The van der Waals surface area contributed by atoms with Gasteiger partial charge in [-0.25, -0.2) is 9.07 Å². The van der Waals surface area contributed by atoms with Crippen LogP contribution in [0.1, 0.15) is 11.1 Å². The molecule has 21 heavy (non-hydrogen) atoms. The molecular formula is C14H9FN6. The highest BCUT2D eigenvalue weighted by molar-refractivity contribution is 5.53. The van der Waals surface area contributed by atoms with Crippen molar-refractivity contribution in [2.24, 2.45) is 0 Å². The van der Waals surface area contributed by atoms with Gasteiger partial charge in [0.15, 0.2) is 5.82 Å². The first-order valence-corrected chi connectivity index (χ1v) is 6.13. The van der Waals surface area contributed by atoms with Gasteiger partial charge in [-0.2, -0.15) is 5.26 Å². The number of halogens is 1. The minimum Gasteiger partial charge on any atom is -0.265 e. The summed E-state index contributed by atoms with van der Waals surface area (Å²) < 4.78 is 14.9. The molecule has 2 aromatic heterocycles. The van der Waals surface area contributed by atoms with Crippen molar-refractivity contribution in [3.8, 4) is 17.5 Å². The molecule has 7 heteroatoms. The molecule has 102 valence electrons. The summed E-state index contributed by atoms with van der Waals surface area (Å²) in [5, 5.41) is 20.4. The number of nitriles is 1. The molecule has 3 rings (SSSR count). The van der Waals surface area contributed by atoms with Gasteiger partial charge < -0.3 is 0 Å². The zero-order chi connectivity index (χ0) is 14.7. The SMILES string of the molecule is N#Cc1cc(Cn2nnnc2-c2ccncc2)ccc1F. The van der Waals surface area contributed by atoms with Gasteiger partial charge in [-0.3, -0.25) is 4.98 Å². The van der Waals surface area contributed by atoms with Gasteiger partial charge in [0, 0.05) is 18.0 Å². The van der Waals surface area contributed by atoms with E-state index in [0.29, 0.717) is 12.4 Å². The van der Waals surface area contributed by atoms with Crippen molar-refractivity contribution in [3.05, 3.63) is 59.7 Å². The quantitative estimate of drug-likeness (QED) is 0.730. The van der Waals surface area contributed by atoms with Crippen molar-refractivity contribution in [2.45, 2.75) is 6.54 Å². The third kappa shape index (κ3) is 2.60. The molecule has 0 atom stereocenters. The van der Waals surface area contributed by atoms with Gasteiger partial charge in [-0.05, 0) is 40.3 Å². The van der Waals surface area contributed by atoms with Gasteiger partial charge in [-0.15, -0.1) is 5.10 Å². The Morgan fingerprint density at radius 2 is 2.00 bits per heavy atom. The fourth-order valence-corrected chi connectivity index (χ4v) is 1.95. The van der Waals surface area contributed by atoms with Gasteiger partial charge in [0.2, 0.25) is 0 Å². The van der Waals surface area contributed by atoms with Crippen molar-refractivity contribution in [1.29, 1.82) is 5.26 Å². The van der Waals surface area contributed by atoms with E-state index in [0.717, 1.165) is 11.1 Å². The summed E-state index contributed by atoms with van der Waals surface area (Å²) in [6, 6.07) is 9.78. The monoisotopic (exact) mass is 280 g/mol. The Labute approximate surface area is 119 Å². The molecule has 0 bridgehead atoms. The Balaban J connectivity index is 1.94. The van der Waals surface area contributed by atoms with Crippen LogP contribution in [0, 0.1) is 17.1 Å². The molecule has 0 aliphatic carbocycles. The van der Waals surface area contributed by atoms with E-state index in [-0.39, 0.29) is 5.56 Å². The van der Waals surface area contributed by atoms with Crippen molar-refractivity contribution < 1.29 is 4.39 Å². The lowest BCUT2D eigenvalue weighted by Crippen LogP contribution is -2.05. The van der Waals surface area contributed by atoms with Crippen molar-refractivity contribution in [2.75, 3.05) is 0 Å². The molecule has 0 fully saturated rings. The maximum Gasteiger partial charge on any atom is 0.182 e. The number of hydrogen-bond donors (Lipinski definition) is 0. The van der Waals surface area contributed by atoms with E-state index in [1.807, 2.05) is 6.07 Å². The number of pyridine rings is 1. The summed E-state index contributed by atoms with van der Waals surface area (Å²) in [5.41, 5.74) is 1.58. The summed E-state index contributed by atoms with van der Waals surface area (Å²) in [7, 11) is 0. The van der Waals surface area contributed by atoms with Crippen LogP contribution >= 0.6 is 0 Å². The highest BCUT2D eigenvalue weighted by Crippen LogP contribution is 2.16. The topological polar surface area (TPSA) is 80.3 Å². The smallest absolute Gasteiger partial charge is 0.182 e. The van der Waals surface area contributed by atoms with E-state index in [1.54, 1.807) is 35.3 Å².